The number of pyridine rings is 1. The predicted octanol–water partition coefficient (Wildman–Crippen LogP) is 5.66. The maximum absolute atomic E-state index is 13.4. The number of rotatable bonds is 10. The van der Waals surface area contributed by atoms with Gasteiger partial charge in [-0.1, -0.05) is 60.1 Å². The number of aromatic nitrogens is 1. The average Bonchev–Trinajstić information content (AvgIpc) is 2.93. The number of carbonyl (C=O) groups excluding carboxylic acids is 1. The summed E-state index contributed by atoms with van der Waals surface area (Å²) in [6.45, 7) is 0.349. The number of nitrogens with one attached hydrogen (secondary N) is 1. The lowest BCUT2D eigenvalue weighted by Gasteiger charge is -2.18. The van der Waals surface area contributed by atoms with Gasteiger partial charge in [-0.25, -0.2) is 8.42 Å². The van der Waals surface area contributed by atoms with Crippen molar-refractivity contribution in [3.8, 4) is 5.75 Å². The molecule has 0 spiro atoms. The number of ether oxygens (including phenoxy) is 1. The van der Waals surface area contributed by atoms with Crippen LogP contribution in [0.25, 0.3) is 6.08 Å². The van der Waals surface area contributed by atoms with Gasteiger partial charge >= 0.3 is 0 Å². The van der Waals surface area contributed by atoms with Gasteiger partial charge in [0, 0.05) is 30.0 Å². The second-order valence-electron chi connectivity index (χ2n) is 8.20. The molecule has 8 heteroatoms. The summed E-state index contributed by atoms with van der Waals surface area (Å²) in [6.07, 6.45) is 6.08. The summed E-state index contributed by atoms with van der Waals surface area (Å²) in [5.41, 5.74) is 2.36. The van der Waals surface area contributed by atoms with E-state index < -0.39 is 21.0 Å². The standard InChI is InChI=1S/C29H25ClN2O4S/c30-25-11-15-27(16-12-25)37(34,35)28(24-7-4-18-31-19-24)20-32-29(33)17-10-22-8-13-26(14-9-22)36-21-23-5-2-1-3-6-23/h1-19,28H,20-21H2,(H,32,33)/b17-10+. The third-order valence-corrected chi connectivity index (χ3v) is 7.96. The first-order valence-corrected chi connectivity index (χ1v) is 13.5. The molecule has 1 heterocycles. The number of halogens is 1. The van der Waals surface area contributed by atoms with Gasteiger partial charge in [0.2, 0.25) is 5.91 Å². The molecule has 0 fully saturated rings. The topological polar surface area (TPSA) is 85.4 Å². The van der Waals surface area contributed by atoms with Gasteiger partial charge in [-0.2, -0.15) is 0 Å². The highest BCUT2D eigenvalue weighted by molar-refractivity contribution is 7.91. The lowest BCUT2D eigenvalue weighted by atomic mass is 10.2. The molecular formula is C29H25ClN2O4S. The van der Waals surface area contributed by atoms with Gasteiger partial charge in [-0.15, -0.1) is 0 Å². The fraction of sp³-hybridized carbons (Fsp3) is 0.103. The average molecular weight is 533 g/mol. The van der Waals surface area contributed by atoms with E-state index in [-0.39, 0.29) is 11.4 Å². The van der Waals surface area contributed by atoms with Crippen molar-refractivity contribution in [1.29, 1.82) is 0 Å². The minimum atomic E-state index is -3.82. The molecule has 1 atom stereocenters. The summed E-state index contributed by atoms with van der Waals surface area (Å²) >= 11 is 5.92. The first-order valence-electron chi connectivity index (χ1n) is 11.5. The van der Waals surface area contributed by atoms with Crippen LogP contribution >= 0.6 is 11.6 Å². The Bertz CT molecular complexity index is 1440. The van der Waals surface area contributed by atoms with Crippen LogP contribution < -0.4 is 10.1 Å². The summed E-state index contributed by atoms with van der Waals surface area (Å²) in [6, 6.07) is 26.5. The zero-order chi connectivity index (χ0) is 26.1. The molecule has 1 unspecified atom stereocenters. The number of carbonyl (C=O) groups is 1. The van der Waals surface area contributed by atoms with E-state index in [4.69, 9.17) is 16.3 Å². The molecule has 0 radical (unpaired) electrons. The van der Waals surface area contributed by atoms with Crippen LogP contribution in [0.2, 0.25) is 5.02 Å². The van der Waals surface area contributed by atoms with Crippen molar-refractivity contribution < 1.29 is 17.9 Å². The second-order valence-corrected chi connectivity index (χ2v) is 10.8. The zero-order valence-electron chi connectivity index (χ0n) is 19.8. The number of nitrogens with zero attached hydrogens (tertiary/aromatic N) is 1. The van der Waals surface area contributed by atoms with E-state index >= 15 is 0 Å². The lowest BCUT2D eigenvalue weighted by molar-refractivity contribution is -0.116. The monoisotopic (exact) mass is 532 g/mol. The minimum absolute atomic E-state index is 0.116. The summed E-state index contributed by atoms with van der Waals surface area (Å²) in [7, 11) is -3.82. The molecule has 3 aromatic carbocycles. The highest BCUT2D eigenvalue weighted by Crippen LogP contribution is 2.29. The lowest BCUT2D eigenvalue weighted by Crippen LogP contribution is -2.31. The Morgan fingerprint density at radius 1 is 0.946 bits per heavy atom. The van der Waals surface area contributed by atoms with E-state index in [1.54, 1.807) is 24.4 Å². The van der Waals surface area contributed by atoms with Crippen molar-refractivity contribution in [3.63, 3.8) is 0 Å². The molecule has 37 heavy (non-hydrogen) atoms. The molecule has 0 aliphatic rings. The third-order valence-electron chi connectivity index (χ3n) is 5.59. The molecule has 6 nitrogen and oxygen atoms in total. The van der Waals surface area contributed by atoms with Gasteiger partial charge in [0.05, 0.1) is 4.90 Å². The number of sulfone groups is 1. The predicted molar refractivity (Wildman–Crippen MR) is 145 cm³/mol. The summed E-state index contributed by atoms with van der Waals surface area (Å²) in [5, 5.41) is 2.13. The third kappa shape index (κ3) is 7.29. The summed E-state index contributed by atoms with van der Waals surface area (Å²) in [4.78, 5) is 16.7. The van der Waals surface area contributed by atoms with Gasteiger partial charge in [-0.3, -0.25) is 9.78 Å². The number of benzene rings is 3. The van der Waals surface area contributed by atoms with Crippen LogP contribution in [0.3, 0.4) is 0 Å². The molecule has 4 aromatic rings. The second kappa shape index (κ2) is 12.3. The fourth-order valence-corrected chi connectivity index (χ4v) is 5.37. The van der Waals surface area contributed by atoms with Gasteiger partial charge in [0.25, 0.3) is 0 Å². The number of hydrogen-bond donors (Lipinski definition) is 1. The Balaban J connectivity index is 1.39. The van der Waals surface area contributed by atoms with E-state index in [1.807, 2.05) is 54.6 Å². The normalized spacial score (nSPS) is 12.2. The molecule has 1 amide bonds. The summed E-state index contributed by atoms with van der Waals surface area (Å²) in [5.74, 6) is 0.307. The molecule has 4 rings (SSSR count). The highest BCUT2D eigenvalue weighted by atomic mass is 35.5. The Labute approximate surface area is 221 Å². The van der Waals surface area contributed by atoms with Crippen LogP contribution in [0.4, 0.5) is 0 Å². The molecule has 0 saturated heterocycles. The van der Waals surface area contributed by atoms with Crippen molar-refractivity contribution in [2.75, 3.05) is 6.54 Å². The van der Waals surface area contributed by atoms with E-state index in [0.717, 1.165) is 16.9 Å². The molecule has 0 saturated carbocycles. The molecule has 0 bridgehead atoms. The number of amides is 1. The van der Waals surface area contributed by atoms with Crippen molar-refractivity contribution in [1.82, 2.24) is 10.3 Å². The van der Waals surface area contributed by atoms with Crippen molar-refractivity contribution in [3.05, 3.63) is 131 Å². The molecule has 1 N–H and O–H groups in total. The molecule has 1 aromatic heterocycles. The maximum atomic E-state index is 13.4. The van der Waals surface area contributed by atoms with Crippen LogP contribution in [0.15, 0.2) is 114 Å². The SMILES string of the molecule is O=C(/C=C/c1ccc(OCc2ccccc2)cc1)NCC(c1cccnc1)S(=O)(=O)c1ccc(Cl)cc1. The first-order chi connectivity index (χ1) is 17.9. The summed E-state index contributed by atoms with van der Waals surface area (Å²) < 4.78 is 32.5. The fourth-order valence-electron chi connectivity index (χ4n) is 3.60. The van der Waals surface area contributed by atoms with Crippen molar-refractivity contribution in [2.45, 2.75) is 16.8 Å². The molecule has 0 aliphatic heterocycles. The number of hydrogen-bond acceptors (Lipinski definition) is 5. The van der Waals surface area contributed by atoms with E-state index in [2.05, 4.69) is 10.3 Å². The zero-order valence-corrected chi connectivity index (χ0v) is 21.4. The van der Waals surface area contributed by atoms with Crippen LogP contribution in [0.5, 0.6) is 5.75 Å². The Kier molecular flexibility index (Phi) is 8.72. The molecular weight excluding hydrogens is 508 g/mol. The molecule has 188 valence electrons. The van der Waals surface area contributed by atoms with Gasteiger partial charge in [0.15, 0.2) is 9.84 Å². The van der Waals surface area contributed by atoms with Crippen LogP contribution in [0.1, 0.15) is 21.9 Å². The van der Waals surface area contributed by atoms with Crippen LogP contribution in [-0.4, -0.2) is 25.9 Å². The smallest absolute Gasteiger partial charge is 0.244 e. The minimum Gasteiger partial charge on any atom is -0.489 e. The largest absolute Gasteiger partial charge is 0.489 e. The van der Waals surface area contributed by atoms with E-state index in [0.29, 0.717) is 17.2 Å². The Morgan fingerprint density at radius 2 is 1.68 bits per heavy atom. The van der Waals surface area contributed by atoms with Gasteiger partial charge in [0.1, 0.15) is 17.6 Å². The van der Waals surface area contributed by atoms with E-state index in [9.17, 15) is 13.2 Å². The quantitative estimate of drug-likeness (QED) is 0.266. The van der Waals surface area contributed by atoms with Gasteiger partial charge in [-0.05, 0) is 65.2 Å². The first kappa shape index (κ1) is 26.1. The molecule has 0 aliphatic carbocycles. The van der Waals surface area contributed by atoms with Crippen molar-refractivity contribution >= 4 is 33.4 Å². The Hall–Kier alpha value is -3.94. The van der Waals surface area contributed by atoms with Crippen LogP contribution in [-0.2, 0) is 21.2 Å². The maximum Gasteiger partial charge on any atom is 0.244 e. The van der Waals surface area contributed by atoms with Gasteiger partial charge < -0.3 is 10.1 Å². The van der Waals surface area contributed by atoms with Crippen LogP contribution in [0, 0.1) is 0 Å². The van der Waals surface area contributed by atoms with E-state index in [1.165, 1.54) is 36.5 Å². The van der Waals surface area contributed by atoms with Crippen molar-refractivity contribution in [2.24, 2.45) is 0 Å². The highest BCUT2D eigenvalue weighted by Gasteiger charge is 2.29. The Morgan fingerprint density at radius 3 is 2.35 bits per heavy atom.